The molecule has 3 rings (SSSR count). The van der Waals surface area contributed by atoms with E-state index in [4.69, 9.17) is 9.47 Å². The highest BCUT2D eigenvalue weighted by Gasteiger charge is 2.30. The molecule has 0 aliphatic heterocycles. The lowest BCUT2D eigenvalue weighted by Gasteiger charge is -2.36. The maximum absolute atomic E-state index is 11.8. The summed E-state index contributed by atoms with van der Waals surface area (Å²) in [6.45, 7) is 4.32. The zero-order valence-electron chi connectivity index (χ0n) is 15.3. The molecule has 2 aromatic carbocycles. The van der Waals surface area contributed by atoms with E-state index in [0.29, 0.717) is 12.6 Å². The van der Waals surface area contributed by atoms with Crippen LogP contribution in [0.15, 0.2) is 54.6 Å². The summed E-state index contributed by atoms with van der Waals surface area (Å²) in [5.74, 6) is 0.875. The third-order valence-corrected chi connectivity index (χ3v) is 4.27. The van der Waals surface area contributed by atoms with E-state index in [9.17, 15) is 4.79 Å². The predicted molar refractivity (Wildman–Crippen MR) is 102 cm³/mol. The summed E-state index contributed by atoms with van der Waals surface area (Å²) in [4.78, 5) is 11.8. The first-order chi connectivity index (χ1) is 12.6. The van der Waals surface area contributed by atoms with E-state index < -0.39 is 0 Å². The first-order valence-corrected chi connectivity index (χ1v) is 9.09. The molecule has 0 bridgehead atoms. The van der Waals surface area contributed by atoms with Gasteiger partial charge in [0.2, 0.25) is 0 Å². The Hall–Kier alpha value is -2.69. The fourth-order valence-corrected chi connectivity index (χ4v) is 2.92. The van der Waals surface area contributed by atoms with Crippen molar-refractivity contribution in [3.63, 3.8) is 0 Å². The van der Waals surface area contributed by atoms with Gasteiger partial charge < -0.3 is 20.1 Å². The van der Waals surface area contributed by atoms with Crippen LogP contribution in [0.25, 0.3) is 0 Å². The van der Waals surface area contributed by atoms with Crippen LogP contribution in [0, 0.1) is 0 Å². The van der Waals surface area contributed by atoms with E-state index in [-0.39, 0.29) is 18.2 Å². The quantitative estimate of drug-likeness (QED) is 0.776. The SMILES string of the molecule is CC(C)Oc1ccc(NC2CC(NC(=O)OCc3ccccc3)C2)cc1. The third kappa shape index (κ3) is 5.41. The maximum atomic E-state index is 11.8. The van der Waals surface area contributed by atoms with E-state index in [1.807, 2.05) is 68.4 Å². The van der Waals surface area contributed by atoms with E-state index >= 15 is 0 Å². The van der Waals surface area contributed by atoms with Crippen LogP contribution in [0.3, 0.4) is 0 Å². The molecule has 0 heterocycles. The summed E-state index contributed by atoms with van der Waals surface area (Å²) in [5.41, 5.74) is 2.05. The summed E-state index contributed by atoms with van der Waals surface area (Å²) in [6.07, 6.45) is 1.61. The van der Waals surface area contributed by atoms with Gasteiger partial charge in [-0.3, -0.25) is 0 Å². The Kier molecular flexibility index (Phi) is 6.00. The number of ether oxygens (including phenoxy) is 2. The molecular weight excluding hydrogens is 328 g/mol. The van der Waals surface area contributed by atoms with Crippen LogP contribution in [0.4, 0.5) is 10.5 Å². The number of hydrogen-bond acceptors (Lipinski definition) is 4. The van der Waals surface area contributed by atoms with Gasteiger partial charge in [-0.2, -0.15) is 0 Å². The molecule has 0 unspecified atom stereocenters. The molecule has 0 saturated heterocycles. The molecule has 1 saturated carbocycles. The van der Waals surface area contributed by atoms with Crippen molar-refractivity contribution in [2.24, 2.45) is 0 Å². The van der Waals surface area contributed by atoms with Crippen molar-refractivity contribution in [1.82, 2.24) is 5.32 Å². The highest BCUT2D eigenvalue weighted by atomic mass is 16.5. The monoisotopic (exact) mass is 354 g/mol. The van der Waals surface area contributed by atoms with Crippen molar-refractivity contribution in [1.29, 1.82) is 0 Å². The summed E-state index contributed by atoms with van der Waals surface area (Å²) >= 11 is 0. The number of carbonyl (C=O) groups excluding carboxylic acids is 1. The number of nitrogens with one attached hydrogen (secondary N) is 2. The largest absolute Gasteiger partial charge is 0.491 e. The lowest BCUT2D eigenvalue weighted by atomic mass is 9.86. The number of benzene rings is 2. The standard InChI is InChI=1S/C21H26N2O3/c1-15(2)26-20-10-8-17(9-11-20)22-18-12-19(13-18)23-21(24)25-14-16-6-4-3-5-7-16/h3-11,15,18-19,22H,12-14H2,1-2H3,(H,23,24). The molecule has 2 N–H and O–H groups in total. The van der Waals surface area contributed by atoms with Crippen LogP contribution >= 0.6 is 0 Å². The summed E-state index contributed by atoms with van der Waals surface area (Å²) < 4.78 is 10.9. The molecule has 5 nitrogen and oxygen atoms in total. The second kappa shape index (κ2) is 8.61. The van der Waals surface area contributed by atoms with Gasteiger partial charge in [0.1, 0.15) is 12.4 Å². The Bertz CT molecular complexity index is 695. The molecular formula is C21H26N2O3. The van der Waals surface area contributed by atoms with Gasteiger partial charge in [0.15, 0.2) is 0 Å². The van der Waals surface area contributed by atoms with Gasteiger partial charge in [-0.15, -0.1) is 0 Å². The molecule has 0 spiro atoms. The topological polar surface area (TPSA) is 59.6 Å². The molecule has 5 heteroatoms. The van der Waals surface area contributed by atoms with Crippen molar-refractivity contribution in [2.45, 2.75) is 51.5 Å². The van der Waals surface area contributed by atoms with Gasteiger partial charge >= 0.3 is 6.09 Å². The van der Waals surface area contributed by atoms with Crippen molar-refractivity contribution in [2.75, 3.05) is 5.32 Å². The second-order valence-electron chi connectivity index (χ2n) is 6.91. The Morgan fingerprint density at radius 3 is 2.38 bits per heavy atom. The van der Waals surface area contributed by atoms with Gasteiger partial charge in [0.05, 0.1) is 6.10 Å². The Balaban J connectivity index is 1.34. The van der Waals surface area contributed by atoms with Crippen molar-refractivity contribution >= 4 is 11.8 Å². The molecule has 0 aromatic heterocycles. The number of rotatable bonds is 7. The minimum atomic E-state index is -0.354. The zero-order valence-corrected chi connectivity index (χ0v) is 15.3. The molecule has 26 heavy (non-hydrogen) atoms. The Morgan fingerprint density at radius 2 is 1.73 bits per heavy atom. The average Bonchev–Trinajstić information content (AvgIpc) is 2.60. The molecule has 1 fully saturated rings. The molecule has 138 valence electrons. The zero-order chi connectivity index (χ0) is 18.4. The molecule has 1 aliphatic carbocycles. The minimum Gasteiger partial charge on any atom is -0.491 e. The van der Waals surface area contributed by atoms with Crippen LogP contribution < -0.4 is 15.4 Å². The van der Waals surface area contributed by atoms with Crippen LogP contribution in [0.1, 0.15) is 32.3 Å². The van der Waals surface area contributed by atoms with Crippen LogP contribution in [-0.2, 0) is 11.3 Å². The predicted octanol–water partition coefficient (Wildman–Crippen LogP) is 4.34. The molecule has 0 radical (unpaired) electrons. The normalized spacial score (nSPS) is 18.7. The summed E-state index contributed by atoms with van der Waals surface area (Å²) in [5, 5.41) is 6.38. The van der Waals surface area contributed by atoms with Gasteiger partial charge in [-0.05, 0) is 56.5 Å². The summed E-state index contributed by atoms with van der Waals surface area (Å²) in [6, 6.07) is 18.2. The van der Waals surface area contributed by atoms with Crippen molar-refractivity contribution < 1.29 is 14.3 Å². The highest BCUT2D eigenvalue weighted by molar-refractivity contribution is 5.67. The Morgan fingerprint density at radius 1 is 1.04 bits per heavy atom. The first-order valence-electron chi connectivity index (χ1n) is 9.09. The average molecular weight is 354 g/mol. The number of alkyl carbamates (subject to hydrolysis) is 1. The van der Waals surface area contributed by atoms with Crippen molar-refractivity contribution in [3.8, 4) is 5.75 Å². The van der Waals surface area contributed by atoms with Gasteiger partial charge in [0, 0.05) is 17.8 Å². The smallest absolute Gasteiger partial charge is 0.407 e. The summed E-state index contributed by atoms with van der Waals surface area (Å²) in [7, 11) is 0. The number of amides is 1. The van der Waals surface area contributed by atoms with Gasteiger partial charge in [0.25, 0.3) is 0 Å². The molecule has 1 aliphatic rings. The second-order valence-corrected chi connectivity index (χ2v) is 6.91. The lowest BCUT2D eigenvalue weighted by molar-refractivity contribution is 0.129. The third-order valence-electron chi connectivity index (χ3n) is 4.27. The van der Waals surface area contributed by atoms with E-state index in [1.165, 1.54) is 0 Å². The fourth-order valence-electron chi connectivity index (χ4n) is 2.92. The van der Waals surface area contributed by atoms with Gasteiger partial charge in [-0.25, -0.2) is 4.79 Å². The first kappa shape index (κ1) is 18.1. The van der Waals surface area contributed by atoms with Gasteiger partial charge in [-0.1, -0.05) is 30.3 Å². The highest BCUT2D eigenvalue weighted by Crippen LogP contribution is 2.25. The molecule has 1 amide bonds. The molecule has 2 aromatic rings. The Labute approximate surface area is 154 Å². The number of hydrogen-bond donors (Lipinski definition) is 2. The van der Waals surface area contributed by atoms with E-state index in [0.717, 1.165) is 29.8 Å². The molecule has 0 atom stereocenters. The van der Waals surface area contributed by atoms with Crippen LogP contribution in [0.5, 0.6) is 5.75 Å². The number of carbonyl (C=O) groups is 1. The number of anilines is 1. The fraction of sp³-hybridized carbons (Fsp3) is 0.381. The van der Waals surface area contributed by atoms with Crippen molar-refractivity contribution in [3.05, 3.63) is 60.2 Å². The van der Waals surface area contributed by atoms with Crippen LogP contribution in [0.2, 0.25) is 0 Å². The van der Waals surface area contributed by atoms with Crippen LogP contribution in [-0.4, -0.2) is 24.3 Å². The van der Waals surface area contributed by atoms with E-state index in [2.05, 4.69) is 10.6 Å². The maximum Gasteiger partial charge on any atom is 0.407 e. The lowest BCUT2D eigenvalue weighted by Crippen LogP contribution is -2.49. The minimum absolute atomic E-state index is 0.166. The van der Waals surface area contributed by atoms with E-state index in [1.54, 1.807) is 0 Å².